The van der Waals surface area contributed by atoms with Gasteiger partial charge in [0, 0.05) is 6.16 Å². The second kappa shape index (κ2) is 7.52. The summed E-state index contributed by atoms with van der Waals surface area (Å²) in [6, 6.07) is 8.31. The number of hydrogen-bond acceptors (Lipinski definition) is 1. The molecular formula is C14H21O3P. The Morgan fingerprint density at radius 1 is 1.06 bits per heavy atom. The lowest BCUT2D eigenvalue weighted by Gasteiger charge is -2.04. The van der Waals surface area contributed by atoms with Crippen LogP contribution in [0.3, 0.4) is 0 Å². The number of hydrogen-bond donors (Lipinski definition) is 2. The minimum Gasteiger partial charge on any atom is -0.324 e. The molecule has 100 valence electrons. The number of aryl methyl sites for hydroxylation is 1. The topological polar surface area (TPSA) is 57.5 Å². The molecule has 0 atom stereocenters. The molecular weight excluding hydrogens is 247 g/mol. The molecule has 0 amide bonds. The van der Waals surface area contributed by atoms with Gasteiger partial charge < -0.3 is 9.79 Å². The largest absolute Gasteiger partial charge is 0.325 e. The molecule has 0 unspecified atom stereocenters. The van der Waals surface area contributed by atoms with Crippen molar-refractivity contribution in [1.82, 2.24) is 0 Å². The van der Waals surface area contributed by atoms with Crippen LogP contribution in [0, 0.1) is 0 Å². The van der Waals surface area contributed by atoms with Crippen molar-refractivity contribution in [3.05, 3.63) is 42.0 Å². The third kappa shape index (κ3) is 6.75. The minimum atomic E-state index is -3.79. The molecule has 0 aliphatic heterocycles. The van der Waals surface area contributed by atoms with Gasteiger partial charge in [0.2, 0.25) is 0 Å². The Labute approximate surface area is 109 Å². The Hall–Kier alpha value is -0.890. The molecule has 0 spiro atoms. The maximum absolute atomic E-state index is 10.6. The summed E-state index contributed by atoms with van der Waals surface area (Å²) < 4.78 is 10.6. The van der Waals surface area contributed by atoms with Crippen LogP contribution in [-0.2, 0) is 11.0 Å². The average Bonchev–Trinajstić information content (AvgIpc) is 2.33. The van der Waals surface area contributed by atoms with Crippen molar-refractivity contribution in [2.24, 2.45) is 0 Å². The molecule has 0 heterocycles. The second-order valence-corrected chi connectivity index (χ2v) is 6.27. The Kier molecular flexibility index (Phi) is 6.34. The van der Waals surface area contributed by atoms with Gasteiger partial charge in [-0.3, -0.25) is 4.57 Å². The molecule has 2 N–H and O–H groups in total. The van der Waals surface area contributed by atoms with E-state index in [1.54, 1.807) is 0 Å². The number of rotatable bonds is 8. The highest BCUT2D eigenvalue weighted by atomic mass is 31.2. The van der Waals surface area contributed by atoms with Gasteiger partial charge in [0.15, 0.2) is 0 Å². The number of unbranched alkanes of at least 4 members (excludes halogenated alkanes) is 3. The summed E-state index contributed by atoms with van der Waals surface area (Å²) in [6.07, 6.45) is 6.44. The summed E-state index contributed by atoms with van der Waals surface area (Å²) in [5, 5.41) is 0. The third-order valence-corrected chi connectivity index (χ3v) is 3.78. The Balaban J connectivity index is 2.14. The Morgan fingerprint density at radius 2 is 1.67 bits per heavy atom. The first-order valence-corrected chi connectivity index (χ1v) is 8.07. The lowest BCUT2D eigenvalue weighted by Crippen LogP contribution is -1.90. The van der Waals surface area contributed by atoms with E-state index >= 15 is 0 Å². The molecule has 0 aliphatic rings. The highest BCUT2D eigenvalue weighted by Crippen LogP contribution is 2.35. The molecule has 1 aromatic rings. The van der Waals surface area contributed by atoms with Crippen LogP contribution >= 0.6 is 7.60 Å². The van der Waals surface area contributed by atoms with Gasteiger partial charge in [-0.25, -0.2) is 0 Å². The van der Waals surface area contributed by atoms with Gasteiger partial charge in [0.25, 0.3) is 0 Å². The Bertz CT molecular complexity index is 406. The summed E-state index contributed by atoms with van der Waals surface area (Å²) >= 11 is 0. The molecule has 0 aromatic heterocycles. The van der Waals surface area contributed by atoms with Gasteiger partial charge >= 0.3 is 7.60 Å². The lowest BCUT2D eigenvalue weighted by molar-refractivity contribution is 0.370. The highest BCUT2D eigenvalue weighted by molar-refractivity contribution is 7.51. The van der Waals surface area contributed by atoms with E-state index in [1.807, 2.05) is 6.08 Å². The van der Waals surface area contributed by atoms with Crippen LogP contribution in [0.4, 0.5) is 0 Å². The lowest BCUT2D eigenvalue weighted by atomic mass is 10.0. The fourth-order valence-electron chi connectivity index (χ4n) is 1.82. The van der Waals surface area contributed by atoms with Gasteiger partial charge in [-0.1, -0.05) is 49.8 Å². The number of benzene rings is 1. The maximum Gasteiger partial charge on any atom is 0.325 e. The average molecular weight is 268 g/mol. The van der Waals surface area contributed by atoms with Gasteiger partial charge in [-0.05, 0) is 30.4 Å². The van der Waals surface area contributed by atoms with Crippen molar-refractivity contribution >= 4 is 13.7 Å². The van der Waals surface area contributed by atoms with E-state index in [9.17, 15) is 4.57 Å². The van der Waals surface area contributed by atoms with Crippen LogP contribution in [0.2, 0.25) is 0 Å². The Morgan fingerprint density at radius 3 is 2.22 bits per heavy atom. The van der Waals surface area contributed by atoms with E-state index in [1.165, 1.54) is 5.56 Å². The molecule has 0 bridgehead atoms. The molecule has 0 radical (unpaired) electrons. The third-order valence-electron chi connectivity index (χ3n) is 2.88. The summed E-state index contributed by atoms with van der Waals surface area (Å²) in [6.45, 7) is 3.71. The first-order chi connectivity index (χ1) is 8.51. The fourth-order valence-corrected chi connectivity index (χ4v) is 2.46. The molecule has 0 aliphatic carbocycles. The van der Waals surface area contributed by atoms with Gasteiger partial charge in [0.1, 0.15) is 0 Å². The van der Waals surface area contributed by atoms with Crippen molar-refractivity contribution in [2.45, 2.75) is 32.1 Å². The fraction of sp³-hybridized carbons (Fsp3) is 0.429. The molecule has 4 heteroatoms. The predicted molar refractivity (Wildman–Crippen MR) is 75.6 cm³/mol. The normalized spacial score (nSPS) is 11.4. The smallest absolute Gasteiger partial charge is 0.324 e. The molecule has 18 heavy (non-hydrogen) atoms. The highest BCUT2D eigenvalue weighted by Gasteiger charge is 2.10. The van der Waals surface area contributed by atoms with Crippen LogP contribution in [0.15, 0.2) is 30.8 Å². The van der Waals surface area contributed by atoms with Crippen molar-refractivity contribution in [2.75, 3.05) is 6.16 Å². The van der Waals surface area contributed by atoms with E-state index in [2.05, 4.69) is 30.8 Å². The van der Waals surface area contributed by atoms with Crippen molar-refractivity contribution in [3.63, 3.8) is 0 Å². The molecule has 0 saturated carbocycles. The van der Waals surface area contributed by atoms with Crippen LogP contribution in [0.1, 0.15) is 36.8 Å². The first-order valence-electron chi connectivity index (χ1n) is 6.27. The van der Waals surface area contributed by atoms with Crippen LogP contribution in [0.25, 0.3) is 6.08 Å². The van der Waals surface area contributed by atoms with E-state index in [-0.39, 0.29) is 6.16 Å². The van der Waals surface area contributed by atoms with Crippen molar-refractivity contribution in [3.8, 4) is 0 Å². The SMILES string of the molecule is C=Cc1ccc(CCCCCCP(=O)(O)O)cc1. The van der Waals surface area contributed by atoms with E-state index in [4.69, 9.17) is 9.79 Å². The molecule has 0 saturated heterocycles. The van der Waals surface area contributed by atoms with Crippen LogP contribution < -0.4 is 0 Å². The first kappa shape index (κ1) is 15.2. The zero-order valence-corrected chi connectivity index (χ0v) is 11.5. The van der Waals surface area contributed by atoms with Gasteiger partial charge in [-0.2, -0.15) is 0 Å². The van der Waals surface area contributed by atoms with Crippen LogP contribution in [0.5, 0.6) is 0 Å². The molecule has 3 nitrogen and oxygen atoms in total. The summed E-state index contributed by atoms with van der Waals surface area (Å²) in [4.78, 5) is 17.4. The summed E-state index contributed by atoms with van der Waals surface area (Å²) in [5.74, 6) is 0. The van der Waals surface area contributed by atoms with Crippen molar-refractivity contribution in [1.29, 1.82) is 0 Å². The van der Waals surface area contributed by atoms with E-state index in [0.717, 1.165) is 31.2 Å². The summed E-state index contributed by atoms with van der Waals surface area (Å²) in [7, 11) is -3.79. The zero-order chi connectivity index (χ0) is 13.4. The predicted octanol–water partition coefficient (Wildman–Crippen LogP) is 3.61. The van der Waals surface area contributed by atoms with Gasteiger partial charge in [-0.15, -0.1) is 0 Å². The zero-order valence-electron chi connectivity index (χ0n) is 10.6. The van der Waals surface area contributed by atoms with E-state index in [0.29, 0.717) is 6.42 Å². The minimum absolute atomic E-state index is 0.0149. The maximum atomic E-state index is 10.6. The standard InChI is InChI=1S/C14H21O3P/c1-2-13-8-10-14(11-9-13)7-5-3-4-6-12-18(15,16)17/h2,8-11H,1,3-7,12H2,(H2,15,16,17). The van der Waals surface area contributed by atoms with Crippen LogP contribution in [-0.4, -0.2) is 15.9 Å². The summed E-state index contributed by atoms with van der Waals surface area (Å²) in [5.41, 5.74) is 2.43. The van der Waals surface area contributed by atoms with Gasteiger partial charge in [0.05, 0.1) is 0 Å². The molecule has 1 rings (SSSR count). The second-order valence-electron chi connectivity index (χ2n) is 4.50. The monoisotopic (exact) mass is 268 g/mol. The molecule has 1 aromatic carbocycles. The quantitative estimate of drug-likeness (QED) is 0.559. The van der Waals surface area contributed by atoms with Crippen molar-refractivity contribution < 1.29 is 14.4 Å². The van der Waals surface area contributed by atoms with E-state index < -0.39 is 7.60 Å². The molecule has 0 fully saturated rings.